The number of aryl methyl sites for hydroxylation is 2. The summed E-state index contributed by atoms with van der Waals surface area (Å²) in [5, 5.41) is 0.706. The van der Waals surface area contributed by atoms with Gasteiger partial charge in [0.2, 0.25) is 0 Å². The van der Waals surface area contributed by atoms with Crippen molar-refractivity contribution in [1.29, 1.82) is 0 Å². The Balaban J connectivity index is 1.26. The van der Waals surface area contributed by atoms with Gasteiger partial charge in [-0.15, -0.1) is 0 Å². The van der Waals surface area contributed by atoms with Crippen molar-refractivity contribution < 1.29 is 4.52 Å². The summed E-state index contributed by atoms with van der Waals surface area (Å²) in [6.07, 6.45) is 15.2. The molecule has 1 aliphatic heterocycles. The maximum atomic E-state index is 12.5. The highest BCUT2D eigenvalue weighted by molar-refractivity contribution is 5.76. The summed E-state index contributed by atoms with van der Waals surface area (Å²) in [7, 11) is 0. The van der Waals surface area contributed by atoms with Crippen LogP contribution in [0.2, 0.25) is 0 Å². The topological polar surface area (TPSA) is 38.4 Å². The van der Waals surface area contributed by atoms with Crippen molar-refractivity contribution in [2.75, 3.05) is 13.1 Å². The maximum absolute atomic E-state index is 12.5. The Bertz CT molecular complexity index is 834. The Morgan fingerprint density at radius 1 is 1.11 bits per heavy atom. The minimum Gasteiger partial charge on any atom is -0.378 e. The lowest BCUT2D eigenvalue weighted by molar-refractivity contribution is 0.202. The van der Waals surface area contributed by atoms with Crippen molar-refractivity contribution in [1.82, 2.24) is 9.64 Å². The van der Waals surface area contributed by atoms with Gasteiger partial charge in [-0.3, -0.25) is 4.79 Å². The fourth-order valence-electron chi connectivity index (χ4n) is 4.59. The average molecular weight is 369 g/mol. The van der Waals surface area contributed by atoms with Gasteiger partial charge in [0.1, 0.15) is 0 Å². The summed E-state index contributed by atoms with van der Waals surface area (Å²) in [6.45, 7) is 4.98. The van der Waals surface area contributed by atoms with E-state index in [9.17, 15) is 4.79 Å². The van der Waals surface area contributed by atoms with E-state index < -0.39 is 0 Å². The van der Waals surface area contributed by atoms with Crippen molar-refractivity contribution in [2.24, 2.45) is 11.8 Å². The quantitative estimate of drug-likeness (QED) is 0.737. The molecule has 2 heterocycles. The number of nitrogens with zero attached hydrogens (tertiary/aromatic N) is 2. The Labute approximate surface area is 161 Å². The fraction of sp³-hybridized carbons (Fsp3) is 0.609. The number of hydrogen-bond acceptors (Lipinski definition) is 3. The van der Waals surface area contributed by atoms with Crippen LogP contribution in [0.1, 0.15) is 56.9 Å². The van der Waals surface area contributed by atoms with Crippen LogP contribution in [0.15, 0.2) is 39.8 Å². The average Bonchev–Trinajstić information content (AvgIpc) is 3.02. The molecule has 0 N–H and O–H groups in total. The van der Waals surface area contributed by atoms with Crippen LogP contribution in [-0.2, 0) is 6.54 Å². The highest BCUT2D eigenvalue weighted by Gasteiger charge is 2.19. The molecule has 27 heavy (non-hydrogen) atoms. The van der Waals surface area contributed by atoms with Gasteiger partial charge in [0, 0.05) is 13.1 Å². The third-order valence-electron chi connectivity index (χ3n) is 6.41. The number of benzene rings is 1. The van der Waals surface area contributed by atoms with Gasteiger partial charge in [-0.2, -0.15) is 4.74 Å². The first kappa shape index (κ1) is 18.4. The summed E-state index contributed by atoms with van der Waals surface area (Å²) in [4.78, 5) is 15.0. The molecule has 0 unspecified atom stereocenters. The Hall–Kier alpha value is -1.97. The molecule has 4 nitrogen and oxygen atoms in total. The molecule has 0 atom stereocenters. The molecule has 4 rings (SSSR count). The van der Waals surface area contributed by atoms with Crippen molar-refractivity contribution in [2.45, 2.75) is 64.8 Å². The third kappa shape index (κ3) is 4.48. The number of allylic oxidation sites excluding steroid dienone is 1. The largest absolute Gasteiger partial charge is 0.378 e. The first-order valence-corrected chi connectivity index (χ1v) is 10.7. The Morgan fingerprint density at radius 2 is 1.89 bits per heavy atom. The highest BCUT2D eigenvalue weighted by Crippen LogP contribution is 2.26. The van der Waals surface area contributed by atoms with Crippen LogP contribution in [0.5, 0.6) is 0 Å². The summed E-state index contributed by atoms with van der Waals surface area (Å²) in [5.41, 5.74) is 1.82. The van der Waals surface area contributed by atoms with E-state index in [4.69, 9.17) is 4.52 Å². The van der Waals surface area contributed by atoms with E-state index in [1.807, 2.05) is 25.1 Å². The minimum atomic E-state index is 0.0153. The third-order valence-corrected chi connectivity index (χ3v) is 6.41. The molecule has 2 aromatic rings. The molecule has 0 spiro atoms. The van der Waals surface area contributed by atoms with Gasteiger partial charge in [0.05, 0.1) is 11.9 Å². The van der Waals surface area contributed by atoms with Crippen LogP contribution in [0.4, 0.5) is 0 Å². The summed E-state index contributed by atoms with van der Waals surface area (Å²) in [5.74, 6) is 1.49. The first-order chi connectivity index (χ1) is 13.2. The normalized spacial score (nSPS) is 20.1. The van der Waals surface area contributed by atoms with Gasteiger partial charge in [0.15, 0.2) is 5.58 Å². The van der Waals surface area contributed by atoms with Crippen LogP contribution in [0.25, 0.3) is 11.0 Å². The van der Waals surface area contributed by atoms with Crippen LogP contribution >= 0.6 is 0 Å². The van der Waals surface area contributed by atoms with Crippen LogP contribution in [0.3, 0.4) is 0 Å². The molecule has 146 valence electrons. The van der Waals surface area contributed by atoms with Crippen LogP contribution < -0.4 is 5.56 Å². The number of hydrogen-bond donors (Lipinski definition) is 0. The van der Waals surface area contributed by atoms with Gasteiger partial charge < -0.3 is 9.42 Å². The van der Waals surface area contributed by atoms with Crippen molar-refractivity contribution in [3.8, 4) is 0 Å². The first-order valence-electron chi connectivity index (χ1n) is 10.7. The van der Waals surface area contributed by atoms with E-state index in [-0.39, 0.29) is 5.56 Å². The number of fused-ring (bicyclic) bond motifs is 1. The van der Waals surface area contributed by atoms with E-state index >= 15 is 0 Å². The van der Waals surface area contributed by atoms with Gasteiger partial charge in [-0.25, -0.2) is 0 Å². The molecular weight excluding hydrogens is 336 g/mol. The Morgan fingerprint density at radius 3 is 2.67 bits per heavy atom. The van der Waals surface area contributed by atoms with E-state index in [0.29, 0.717) is 23.4 Å². The molecule has 0 radical (unpaired) electrons. The standard InChI is InChI=1S/C23H32N2O2/c1-18-7-8-22-21(17-18)23(26)25(27-22)16-12-20-10-14-24(15-11-20)13-9-19-5-3-2-4-6-19/h7-9,13,17,19-20H,2-6,10-12,14-16H2,1H3/b13-9+. The number of aromatic nitrogens is 1. The molecule has 1 aromatic heterocycles. The molecule has 0 bridgehead atoms. The molecule has 0 amide bonds. The molecule has 2 aliphatic rings. The maximum Gasteiger partial charge on any atom is 0.290 e. The molecule has 1 aromatic carbocycles. The van der Waals surface area contributed by atoms with E-state index in [1.54, 1.807) is 4.74 Å². The second-order valence-electron chi connectivity index (χ2n) is 8.51. The second kappa shape index (κ2) is 8.37. The summed E-state index contributed by atoms with van der Waals surface area (Å²) in [6, 6.07) is 5.82. The number of likely N-dealkylation sites (tertiary alicyclic amines) is 1. The lowest BCUT2D eigenvalue weighted by Crippen LogP contribution is -2.30. The van der Waals surface area contributed by atoms with E-state index in [2.05, 4.69) is 17.2 Å². The van der Waals surface area contributed by atoms with E-state index in [1.165, 1.54) is 44.9 Å². The lowest BCUT2D eigenvalue weighted by Gasteiger charge is -2.31. The Kier molecular flexibility index (Phi) is 5.70. The monoisotopic (exact) mass is 368 g/mol. The predicted molar refractivity (Wildman–Crippen MR) is 110 cm³/mol. The summed E-state index contributed by atoms with van der Waals surface area (Å²) < 4.78 is 7.31. The zero-order valence-electron chi connectivity index (χ0n) is 16.5. The minimum absolute atomic E-state index is 0.0153. The van der Waals surface area contributed by atoms with Gasteiger partial charge >= 0.3 is 0 Å². The second-order valence-corrected chi connectivity index (χ2v) is 8.51. The van der Waals surface area contributed by atoms with Gasteiger partial charge in [-0.1, -0.05) is 37.0 Å². The zero-order chi connectivity index (χ0) is 18.6. The predicted octanol–water partition coefficient (Wildman–Crippen LogP) is 5.10. The molecule has 1 aliphatic carbocycles. The molecule has 1 saturated carbocycles. The number of piperidine rings is 1. The summed E-state index contributed by atoms with van der Waals surface area (Å²) >= 11 is 0. The molecular formula is C23H32N2O2. The lowest BCUT2D eigenvalue weighted by atomic mass is 9.89. The van der Waals surface area contributed by atoms with Crippen LogP contribution in [-0.4, -0.2) is 22.7 Å². The SMILES string of the molecule is Cc1ccc2on(CCC3CCN(/C=C/C4CCCCC4)CC3)c(=O)c2c1. The fourth-order valence-corrected chi connectivity index (χ4v) is 4.59. The number of rotatable bonds is 5. The zero-order valence-corrected chi connectivity index (χ0v) is 16.5. The van der Waals surface area contributed by atoms with Crippen LogP contribution in [0, 0.1) is 18.8 Å². The highest BCUT2D eigenvalue weighted by atomic mass is 16.5. The van der Waals surface area contributed by atoms with Gasteiger partial charge in [-0.05, 0) is 69.2 Å². The smallest absolute Gasteiger partial charge is 0.290 e. The van der Waals surface area contributed by atoms with Crippen molar-refractivity contribution in [3.63, 3.8) is 0 Å². The molecule has 4 heteroatoms. The van der Waals surface area contributed by atoms with E-state index in [0.717, 1.165) is 31.0 Å². The van der Waals surface area contributed by atoms with Gasteiger partial charge in [0.25, 0.3) is 5.56 Å². The van der Waals surface area contributed by atoms with Crippen molar-refractivity contribution in [3.05, 3.63) is 46.4 Å². The van der Waals surface area contributed by atoms with Crippen molar-refractivity contribution >= 4 is 11.0 Å². The molecule has 2 fully saturated rings. The molecule has 1 saturated heterocycles.